The molecule has 1 atom stereocenters. The van der Waals surface area contributed by atoms with E-state index in [2.05, 4.69) is 40.6 Å². The van der Waals surface area contributed by atoms with Gasteiger partial charge >= 0.3 is 6.09 Å². The second kappa shape index (κ2) is 10.4. The number of nitrogens with zero attached hydrogens (tertiary/aromatic N) is 2. The summed E-state index contributed by atoms with van der Waals surface area (Å²) in [5.41, 5.74) is 3.59. The summed E-state index contributed by atoms with van der Waals surface area (Å²) < 4.78 is 4.80. The lowest BCUT2D eigenvalue weighted by Crippen LogP contribution is -2.47. The van der Waals surface area contributed by atoms with Gasteiger partial charge < -0.3 is 25.0 Å². The molecule has 0 radical (unpaired) electrons. The van der Waals surface area contributed by atoms with Crippen LogP contribution >= 0.6 is 0 Å². The van der Waals surface area contributed by atoms with Gasteiger partial charge in [-0.05, 0) is 68.2 Å². The van der Waals surface area contributed by atoms with Crippen LogP contribution in [-0.2, 0) is 9.53 Å². The highest BCUT2D eigenvalue weighted by Crippen LogP contribution is 2.28. The van der Waals surface area contributed by atoms with Crippen molar-refractivity contribution < 1.29 is 19.4 Å². The molecule has 1 saturated carbocycles. The minimum Gasteiger partial charge on any atom is -0.453 e. The Morgan fingerprint density at radius 2 is 1.81 bits per heavy atom. The molecule has 1 saturated heterocycles. The number of aliphatic hydroxyl groups excluding tert-OH is 1. The summed E-state index contributed by atoms with van der Waals surface area (Å²) in [5, 5.41) is 12.9. The number of anilines is 1. The molecule has 7 heteroatoms. The van der Waals surface area contributed by atoms with Gasteiger partial charge in [-0.1, -0.05) is 18.2 Å². The molecule has 174 valence electrons. The number of carbonyl (C=O) groups is 2. The maximum atomic E-state index is 12.8. The number of hydrogen-bond donors (Lipinski definition) is 2. The second-order valence-electron chi connectivity index (χ2n) is 9.24. The van der Waals surface area contributed by atoms with E-state index >= 15 is 0 Å². The predicted molar refractivity (Wildman–Crippen MR) is 124 cm³/mol. The maximum absolute atomic E-state index is 12.8. The molecule has 1 aromatic carbocycles. The standard InChI is InChI=1S/C25H35N3O4/c1-32-25(31)27-15-12-19(13-16-27)18-4-8-22(9-5-18)28-14-2-3-20(17-28)24(30)26-21-6-10-23(29)11-7-21/h4-5,8-9,12,20-21,23,29H,2-3,6-7,10-11,13-17H2,1H3,(H,26,30)/t20-,21?,23?/m0/s1. The fourth-order valence-electron chi connectivity index (χ4n) is 5.08. The van der Waals surface area contributed by atoms with Gasteiger partial charge in [0.25, 0.3) is 0 Å². The molecule has 2 amide bonds. The molecule has 2 N–H and O–H groups in total. The molecule has 32 heavy (non-hydrogen) atoms. The van der Waals surface area contributed by atoms with Gasteiger partial charge in [0.05, 0.1) is 19.1 Å². The van der Waals surface area contributed by atoms with E-state index in [9.17, 15) is 14.7 Å². The van der Waals surface area contributed by atoms with Crippen molar-refractivity contribution in [2.24, 2.45) is 5.92 Å². The van der Waals surface area contributed by atoms with Gasteiger partial charge in [0, 0.05) is 37.9 Å². The van der Waals surface area contributed by atoms with Crippen molar-refractivity contribution in [1.29, 1.82) is 0 Å². The summed E-state index contributed by atoms with van der Waals surface area (Å²) in [6.07, 6.45) is 7.69. The van der Waals surface area contributed by atoms with Crippen molar-refractivity contribution in [2.75, 3.05) is 38.2 Å². The Bertz CT molecular complexity index is 830. The molecular weight excluding hydrogens is 406 g/mol. The highest BCUT2D eigenvalue weighted by molar-refractivity contribution is 5.80. The number of hydrogen-bond acceptors (Lipinski definition) is 5. The molecule has 0 unspecified atom stereocenters. The van der Waals surface area contributed by atoms with Crippen molar-refractivity contribution in [1.82, 2.24) is 10.2 Å². The summed E-state index contributed by atoms with van der Waals surface area (Å²) in [5.74, 6) is 0.177. The zero-order chi connectivity index (χ0) is 22.5. The van der Waals surface area contributed by atoms with E-state index in [0.717, 1.165) is 63.7 Å². The minimum absolute atomic E-state index is 0.0145. The molecule has 4 rings (SSSR count). The zero-order valence-corrected chi connectivity index (χ0v) is 19.0. The minimum atomic E-state index is -0.277. The summed E-state index contributed by atoms with van der Waals surface area (Å²) in [4.78, 5) is 28.5. The van der Waals surface area contributed by atoms with E-state index in [-0.39, 0.29) is 30.1 Å². The Kier molecular flexibility index (Phi) is 7.35. The average Bonchev–Trinajstić information content (AvgIpc) is 2.85. The van der Waals surface area contributed by atoms with Crippen LogP contribution in [0.25, 0.3) is 5.57 Å². The summed E-state index contributed by atoms with van der Waals surface area (Å²) >= 11 is 0. The quantitative estimate of drug-likeness (QED) is 0.750. The molecule has 0 aromatic heterocycles. The van der Waals surface area contributed by atoms with Crippen LogP contribution in [0.5, 0.6) is 0 Å². The van der Waals surface area contributed by atoms with Crippen LogP contribution in [0.3, 0.4) is 0 Å². The van der Waals surface area contributed by atoms with Crippen LogP contribution < -0.4 is 10.2 Å². The zero-order valence-electron chi connectivity index (χ0n) is 19.0. The Hall–Kier alpha value is -2.54. The number of aliphatic hydroxyl groups is 1. The van der Waals surface area contributed by atoms with E-state index in [1.807, 2.05) is 0 Å². The largest absolute Gasteiger partial charge is 0.453 e. The van der Waals surface area contributed by atoms with Gasteiger partial charge in [0.1, 0.15) is 0 Å². The number of piperidine rings is 1. The lowest BCUT2D eigenvalue weighted by atomic mass is 9.91. The van der Waals surface area contributed by atoms with E-state index in [1.54, 1.807) is 4.90 Å². The van der Waals surface area contributed by atoms with Crippen LogP contribution in [0.15, 0.2) is 30.3 Å². The molecule has 2 fully saturated rings. The lowest BCUT2D eigenvalue weighted by Gasteiger charge is -2.35. The Labute approximate surface area is 190 Å². The topological polar surface area (TPSA) is 82.1 Å². The van der Waals surface area contributed by atoms with Crippen molar-refractivity contribution >= 4 is 23.3 Å². The third-order valence-corrected chi connectivity index (χ3v) is 7.08. The van der Waals surface area contributed by atoms with Gasteiger partial charge in [-0.3, -0.25) is 4.79 Å². The highest BCUT2D eigenvalue weighted by Gasteiger charge is 2.29. The second-order valence-corrected chi connectivity index (χ2v) is 9.24. The van der Waals surface area contributed by atoms with Gasteiger partial charge in [-0.25, -0.2) is 4.79 Å². The van der Waals surface area contributed by atoms with Crippen molar-refractivity contribution in [2.45, 2.75) is 57.1 Å². The van der Waals surface area contributed by atoms with Gasteiger partial charge in [-0.2, -0.15) is 0 Å². The fraction of sp³-hybridized carbons (Fsp3) is 0.600. The molecule has 7 nitrogen and oxygen atoms in total. The molecule has 0 spiro atoms. The third kappa shape index (κ3) is 5.44. The average molecular weight is 442 g/mol. The number of ether oxygens (including phenoxy) is 1. The molecule has 1 aliphatic carbocycles. The summed E-state index contributed by atoms with van der Waals surface area (Å²) in [6.45, 7) is 2.96. The molecule has 2 heterocycles. The van der Waals surface area contributed by atoms with Crippen LogP contribution in [0.2, 0.25) is 0 Å². The molecule has 0 bridgehead atoms. The third-order valence-electron chi connectivity index (χ3n) is 7.08. The lowest BCUT2D eigenvalue weighted by molar-refractivity contribution is -0.126. The van der Waals surface area contributed by atoms with E-state index < -0.39 is 0 Å². The first-order valence-corrected chi connectivity index (χ1v) is 11.9. The smallest absolute Gasteiger partial charge is 0.409 e. The van der Waals surface area contributed by atoms with Crippen molar-refractivity contribution in [3.05, 3.63) is 35.9 Å². The molecule has 3 aliphatic rings. The van der Waals surface area contributed by atoms with E-state index in [0.29, 0.717) is 13.1 Å². The van der Waals surface area contributed by atoms with Crippen LogP contribution in [0, 0.1) is 5.92 Å². The van der Waals surface area contributed by atoms with Gasteiger partial charge in [0.2, 0.25) is 5.91 Å². The Morgan fingerprint density at radius 1 is 1.06 bits per heavy atom. The number of nitrogens with one attached hydrogen (secondary N) is 1. The van der Waals surface area contributed by atoms with E-state index in [4.69, 9.17) is 4.74 Å². The normalized spacial score (nSPS) is 26.3. The first-order chi connectivity index (χ1) is 15.5. The van der Waals surface area contributed by atoms with Crippen molar-refractivity contribution in [3.8, 4) is 0 Å². The number of benzene rings is 1. The van der Waals surface area contributed by atoms with Crippen LogP contribution in [0.4, 0.5) is 10.5 Å². The van der Waals surface area contributed by atoms with Gasteiger partial charge in [-0.15, -0.1) is 0 Å². The van der Waals surface area contributed by atoms with Crippen LogP contribution in [0.1, 0.15) is 50.5 Å². The number of carbonyl (C=O) groups excluding carboxylic acids is 2. The molecular formula is C25H35N3O4. The molecule has 2 aliphatic heterocycles. The van der Waals surface area contributed by atoms with Crippen molar-refractivity contribution in [3.63, 3.8) is 0 Å². The Balaban J connectivity index is 1.32. The first-order valence-electron chi connectivity index (χ1n) is 11.9. The first kappa shape index (κ1) is 22.6. The molecule has 1 aromatic rings. The Morgan fingerprint density at radius 3 is 2.47 bits per heavy atom. The fourth-order valence-corrected chi connectivity index (χ4v) is 5.08. The summed E-state index contributed by atoms with van der Waals surface area (Å²) in [6, 6.07) is 8.79. The number of rotatable bonds is 4. The van der Waals surface area contributed by atoms with Gasteiger partial charge in [0.15, 0.2) is 0 Å². The monoisotopic (exact) mass is 441 g/mol. The number of amides is 2. The summed E-state index contributed by atoms with van der Waals surface area (Å²) in [7, 11) is 1.41. The highest BCUT2D eigenvalue weighted by atomic mass is 16.5. The van der Waals surface area contributed by atoms with Crippen LogP contribution in [-0.4, -0.2) is 67.4 Å². The SMILES string of the molecule is COC(=O)N1CC=C(c2ccc(N3CCC[C@H](C(=O)NC4CCC(O)CC4)C3)cc2)CC1. The van der Waals surface area contributed by atoms with E-state index in [1.165, 1.54) is 18.2 Å². The number of methoxy groups -OCH3 is 1. The predicted octanol–water partition coefficient (Wildman–Crippen LogP) is 3.18. The maximum Gasteiger partial charge on any atom is 0.409 e.